The fraction of sp³-hybridized carbons (Fsp3) is 0.308. The quantitative estimate of drug-likeness (QED) is 0.846. The van der Waals surface area contributed by atoms with Crippen molar-refractivity contribution in [3.63, 3.8) is 0 Å². The van der Waals surface area contributed by atoms with E-state index < -0.39 is 0 Å². The molecule has 0 unspecified atom stereocenters. The number of nitrogen functional groups attached to an aromatic ring is 1. The van der Waals surface area contributed by atoms with Gasteiger partial charge in [0.2, 0.25) is 0 Å². The molecule has 2 rings (SSSR count). The van der Waals surface area contributed by atoms with Crippen LogP contribution in [-0.4, -0.2) is 15.0 Å². The molecule has 2 aromatic rings. The summed E-state index contributed by atoms with van der Waals surface area (Å²) in [5.41, 5.74) is 5.71. The van der Waals surface area contributed by atoms with Gasteiger partial charge in [-0.1, -0.05) is 20.8 Å². The van der Waals surface area contributed by atoms with Crippen molar-refractivity contribution in [2.75, 3.05) is 5.73 Å². The summed E-state index contributed by atoms with van der Waals surface area (Å²) in [5, 5.41) is 1.69. The van der Waals surface area contributed by atoms with Crippen LogP contribution in [0.5, 0.6) is 0 Å². The van der Waals surface area contributed by atoms with Crippen LogP contribution in [0.15, 0.2) is 38.9 Å². The second-order valence-corrected chi connectivity index (χ2v) is 7.08. The lowest BCUT2D eigenvalue weighted by atomic mass is 9.96. The second kappa shape index (κ2) is 5.46. The summed E-state index contributed by atoms with van der Waals surface area (Å²) >= 11 is 4.84. The molecule has 100 valence electrons. The van der Waals surface area contributed by atoms with Gasteiger partial charge >= 0.3 is 0 Å². The molecule has 0 saturated heterocycles. The Balaban J connectivity index is 2.30. The average molecular weight is 339 g/mol. The maximum atomic E-state index is 5.84. The highest BCUT2D eigenvalue weighted by molar-refractivity contribution is 9.10. The molecule has 0 atom stereocenters. The Labute approximate surface area is 125 Å². The molecule has 0 amide bonds. The van der Waals surface area contributed by atoms with Gasteiger partial charge in [0.1, 0.15) is 21.7 Å². The van der Waals surface area contributed by atoms with Gasteiger partial charge in [0, 0.05) is 22.2 Å². The number of nitrogens with two attached hydrogens (primary N) is 1. The molecule has 0 bridgehead atoms. The van der Waals surface area contributed by atoms with Crippen LogP contribution in [0.25, 0.3) is 0 Å². The number of rotatable bonds is 2. The minimum Gasteiger partial charge on any atom is -0.384 e. The first kappa shape index (κ1) is 14.3. The molecule has 0 aliphatic carbocycles. The number of nitrogens with zero attached hydrogens (tertiary/aromatic N) is 3. The second-order valence-electron chi connectivity index (χ2n) is 5.12. The Morgan fingerprint density at radius 1 is 1.16 bits per heavy atom. The highest BCUT2D eigenvalue weighted by Crippen LogP contribution is 2.28. The number of pyridine rings is 1. The van der Waals surface area contributed by atoms with Gasteiger partial charge in [0.05, 0.1) is 0 Å². The minimum atomic E-state index is -0.127. The van der Waals surface area contributed by atoms with Gasteiger partial charge in [0.15, 0.2) is 0 Å². The summed E-state index contributed by atoms with van der Waals surface area (Å²) in [7, 11) is 0. The van der Waals surface area contributed by atoms with E-state index in [-0.39, 0.29) is 5.41 Å². The van der Waals surface area contributed by atoms with Crippen LogP contribution in [0.3, 0.4) is 0 Å². The molecule has 0 aromatic carbocycles. The van der Waals surface area contributed by atoms with E-state index in [1.54, 1.807) is 12.3 Å². The Morgan fingerprint density at radius 3 is 2.47 bits per heavy atom. The van der Waals surface area contributed by atoms with Crippen LogP contribution in [-0.2, 0) is 5.41 Å². The maximum Gasteiger partial charge on any atom is 0.137 e. The van der Waals surface area contributed by atoms with Crippen molar-refractivity contribution in [1.82, 2.24) is 15.0 Å². The third-order valence-electron chi connectivity index (χ3n) is 2.30. The van der Waals surface area contributed by atoms with Gasteiger partial charge in [-0.2, -0.15) is 0 Å². The molecule has 0 spiro atoms. The third kappa shape index (κ3) is 3.91. The highest BCUT2D eigenvalue weighted by atomic mass is 79.9. The SMILES string of the molecule is CC(C)(C)c1nc(N)cc(Sc2ccc(Br)cn2)n1. The van der Waals surface area contributed by atoms with Gasteiger partial charge in [-0.05, 0) is 39.8 Å². The number of hydrogen-bond donors (Lipinski definition) is 1. The van der Waals surface area contributed by atoms with Crippen LogP contribution >= 0.6 is 27.7 Å². The highest BCUT2D eigenvalue weighted by Gasteiger charge is 2.19. The van der Waals surface area contributed by atoms with E-state index in [1.165, 1.54) is 11.8 Å². The molecular formula is C13H15BrN4S. The van der Waals surface area contributed by atoms with E-state index in [2.05, 4.69) is 51.7 Å². The van der Waals surface area contributed by atoms with Crippen LogP contribution in [0, 0.1) is 0 Å². The smallest absolute Gasteiger partial charge is 0.137 e. The van der Waals surface area contributed by atoms with Crippen molar-refractivity contribution < 1.29 is 0 Å². The van der Waals surface area contributed by atoms with Crippen LogP contribution < -0.4 is 5.73 Å². The molecule has 2 aromatic heterocycles. The van der Waals surface area contributed by atoms with Crippen LogP contribution in [0.1, 0.15) is 26.6 Å². The Kier molecular flexibility index (Phi) is 4.10. The maximum absolute atomic E-state index is 5.84. The van der Waals surface area contributed by atoms with E-state index in [0.29, 0.717) is 5.82 Å². The molecular weight excluding hydrogens is 324 g/mol. The molecule has 0 aliphatic rings. The van der Waals surface area contributed by atoms with E-state index in [9.17, 15) is 0 Å². The van der Waals surface area contributed by atoms with Gasteiger partial charge in [0.25, 0.3) is 0 Å². The predicted octanol–water partition coefficient (Wildman–Crippen LogP) is 3.67. The zero-order valence-electron chi connectivity index (χ0n) is 11.0. The van der Waals surface area contributed by atoms with E-state index in [4.69, 9.17) is 5.73 Å². The Bertz CT molecular complexity index is 578. The van der Waals surface area contributed by atoms with Crippen molar-refractivity contribution in [1.29, 1.82) is 0 Å². The van der Waals surface area contributed by atoms with E-state index in [1.807, 2.05) is 12.1 Å². The Hall–Kier alpha value is -1.14. The van der Waals surface area contributed by atoms with Gasteiger partial charge in [-0.3, -0.25) is 0 Å². The molecule has 6 heteroatoms. The zero-order valence-corrected chi connectivity index (χ0v) is 13.4. The summed E-state index contributed by atoms with van der Waals surface area (Å²) in [6.45, 7) is 6.19. The first-order valence-electron chi connectivity index (χ1n) is 5.79. The molecule has 2 N–H and O–H groups in total. The molecule has 2 heterocycles. The third-order valence-corrected chi connectivity index (χ3v) is 3.64. The molecule has 0 radical (unpaired) electrons. The minimum absolute atomic E-state index is 0.127. The monoisotopic (exact) mass is 338 g/mol. The molecule has 4 nitrogen and oxygen atoms in total. The van der Waals surface area contributed by atoms with Crippen molar-refractivity contribution >= 4 is 33.5 Å². The van der Waals surface area contributed by atoms with Gasteiger partial charge in [-0.25, -0.2) is 15.0 Å². The summed E-state index contributed by atoms with van der Waals surface area (Å²) in [6.07, 6.45) is 1.76. The molecule has 0 saturated carbocycles. The van der Waals surface area contributed by atoms with Crippen LogP contribution in [0.2, 0.25) is 0 Å². The lowest BCUT2D eigenvalue weighted by Gasteiger charge is -2.17. The average Bonchev–Trinajstić information content (AvgIpc) is 2.30. The van der Waals surface area contributed by atoms with Crippen LogP contribution in [0.4, 0.5) is 5.82 Å². The lowest BCUT2D eigenvalue weighted by Crippen LogP contribution is -2.17. The van der Waals surface area contributed by atoms with Gasteiger partial charge < -0.3 is 5.73 Å². The topological polar surface area (TPSA) is 64.7 Å². The normalized spacial score (nSPS) is 11.6. The molecule has 0 aliphatic heterocycles. The molecule has 19 heavy (non-hydrogen) atoms. The van der Waals surface area contributed by atoms with Crippen molar-refractivity contribution in [2.45, 2.75) is 36.2 Å². The fourth-order valence-electron chi connectivity index (χ4n) is 1.36. The molecule has 0 fully saturated rings. The van der Waals surface area contributed by atoms with Crippen molar-refractivity contribution in [3.8, 4) is 0 Å². The largest absolute Gasteiger partial charge is 0.384 e. The van der Waals surface area contributed by atoms with Crippen molar-refractivity contribution in [3.05, 3.63) is 34.7 Å². The predicted molar refractivity (Wildman–Crippen MR) is 81.2 cm³/mol. The number of hydrogen-bond acceptors (Lipinski definition) is 5. The summed E-state index contributed by atoms with van der Waals surface area (Å²) in [5.74, 6) is 1.23. The van der Waals surface area contributed by atoms with Crippen molar-refractivity contribution in [2.24, 2.45) is 0 Å². The summed E-state index contributed by atoms with van der Waals surface area (Å²) in [4.78, 5) is 13.1. The first-order valence-corrected chi connectivity index (χ1v) is 7.40. The lowest BCUT2D eigenvalue weighted by molar-refractivity contribution is 0.539. The van der Waals surface area contributed by atoms with Gasteiger partial charge in [-0.15, -0.1) is 0 Å². The number of aromatic nitrogens is 3. The number of anilines is 1. The fourth-order valence-corrected chi connectivity index (χ4v) is 2.36. The number of halogens is 1. The Morgan fingerprint density at radius 2 is 1.89 bits per heavy atom. The first-order chi connectivity index (χ1) is 8.84. The van der Waals surface area contributed by atoms with E-state index >= 15 is 0 Å². The summed E-state index contributed by atoms with van der Waals surface area (Å²) < 4.78 is 0.953. The summed E-state index contributed by atoms with van der Waals surface area (Å²) in [6, 6.07) is 5.65. The standard InChI is InChI=1S/C13H15BrN4S/c1-13(2,3)12-17-9(15)6-11(18-12)19-10-5-4-8(14)7-16-10/h4-7H,1-3H3,(H2,15,17,18). The van der Waals surface area contributed by atoms with E-state index in [0.717, 1.165) is 20.3 Å². The zero-order chi connectivity index (χ0) is 14.0.